The average Bonchev–Trinajstić information content (AvgIpc) is 2.85. The van der Waals surface area contributed by atoms with E-state index in [0.717, 1.165) is 24.3 Å². The fraction of sp³-hybridized carbons (Fsp3) is 0.350. The van der Waals surface area contributed by atoms with Crippen LogP contribution in [0, 0.1) is 0 Å². The average molecular weight is 737 g/mol. The predicted octanol–water partition coefficient (Wildman–Crippen LogP) is -0.691. The van der Waals surface area contributed by atoms with E-state index in [1.807, 2.05) is 0 Å². The van der Waals surface area contributed by atoms with Gasteiger partial charge in [0.05, 0.1) is 42.9 Å². The van der Waals surface area contributed by atoms with Crippen LogP contribution in [0.5, 0.6) is 11.5 Å². The van der Waals surface area contributed by atoms with Gasteiger partial charge < -0.3 is 31.6 Å². The fourth-order valence-corrected chi connectivity index (χ4v) is 2.15. The largest absolute Gasteiger partial charge is 1.00 e. The van der Waals surface area contributed by atoms with E-state index in [-0.39, 0.29) is 141 Å². The monoisotopic (exact) mass is 735 g/mol. The summed E-state index contributed by atoms with van der Waals surface area (Å²) in [4.78, 5) is 11.2. The number of aliphatic hydroxyl groups is 2. The first-order chi connectivity index (χ1) is 17.6. The number of benzene rings is 2. The van der Waals surface area contributed by atoms with E-state index in [9.17, 15) is 30.7 Å². The molecule has 2 rings (SSSR count). The van der Waals surface area contributed by atoms with Crippen molar-refractivity contribution < 1.29 is 171 Å². The van der Waals surface area contributed by atoms with E-state index in [2.05, 4.69) is 20.8 Å². The Kier molecular flexibility index (Phi) is 35.5. The van der Waals surface area contributed by atoms with Crippen LogP contribution in [0.15, 0.2) is 36.4 Å². The molecule has 2 aromatic rings. The zero-order chi connectivity index (χ0) is 30.4. The van der Waals surface area contributed by atoms with Crippen LogP contribution in [0.2, 0.25) is 10.0 Å². The minimum Gasteiger partial charge on any atom is -1.00 e. The third-order valence-corrected chi connectivity index (χ3v) is 4.00. The molecule has 39 heavy (non-hydrogen) atoms. The van der Waals surface area contributed by atoms with Gasteiger partial charge in [-0.3, -0.25) is 9.18 Å². The smallest absolute Gasteiger partial charge is 1.00 e. The van der Waals surface area contributed by atoms with E-state index < -0.39 is 41.4 Å². The molecule has 0 aliphatic carbocycles. The minimum atomic E-state index is -4.52. The molecule has 7 nitrogen and oxygen atoms in total. The molecule has 2 aromatic carbocycles. The predicted molar refractivity (Wildman–Crippen MR) is 123 cm³/mol. The molecule has 0 amide bonds. The van der Waals surface area contributed by atoms with Gasteiger partial charge in [0, 0.05) is 5.33 Å². The maximum atomic E-state index is 12.4. The molecule has 216 valence electrons. The SMILES string of the molecule is O=CO[O-].OCCBr.OCCOc1ccc(Cl)c(C(F)(F)F)c1.Oc1ccc(Cl)c(C(F)(F)F)c1.[2H]CF.[H-].[K+].[K+]. The number of ether oxygens (including phenoxy) is 1. The molecule has 0 spiro atoms. The molecule has 0 unspecified atom stereocenters. The van der Waals surface area contributed by atoms with Gasteiger partial charge in [0.2, 0.25) is 0 Å². The molecule has 0 saturated heterocycles. The Balaban J connectivity index is -0.000000105. The molecule has 0 radical (unpaired) electrons. The summed E-state index contributed by atoms with van der Waals surface area (Å²) in [7, 11) is -1.00. The van der Waals surface area contributed by atoms with E-state index in [0.29, 0.717) is 11.4 Å². The van der Waals surface area contributed by atoms with Crippen molar-refractivity contribution >= 4 is 45.6 Å². The zero-order valence-corrected chi connectivity index (χ0v) is 29.7. The third-order valence-electron chi connectivity index (χ3n) is 2.98. The minimum absolute atomic E-state index is 0. The Hall–Kier alpha value is 1.23. The summed E-state index contributed by atoms with van der Waals surface area (Å²) in [5.41, 5.74) is -1.97. The normalized spacial score (nSPS) is 9.82. The molecule has 0 aliphatic rings. The van der Waals surface area contributed by atoms with Gasteiger partial charge in [0.1, 0.15) is 18.1 Å². The first kappa shape index (κ1) is 47.2. The topological polar surface area (TPSA) is 119 Å². The van der Waals surface area contributed by atoms with Crippen LogP contribution < -0.4 is 113 Å². The van der Waals surface area contributed by atoms with Gasteiger partial charge >= 0.3 is 115 Å². The number of rotatable bonds is 5. The summed E-state index contributed by atoms with van der Waals surface area (Å²) in [5, 5.41) is 33.3. The Morgan fingerprint density at radius 1 is 1.00 bits per heavy atom. The molecule has 0 aromatic heterocycles. The number of alkyl halides is 8. The van der Waals surface area contributed by atoms with Crippen LogP contribution in [0.1, 0.15) is 13.9 Å². The molecule has 0 heterocycles. The Morgan fingerprint density at radius 3 is 1.69 bits per heavy atom. The maximum Gasteiger partial charge on any atom is 1.00 e. The first-order valence-electron chi connectivity index (χ1n) is 9.72. The third kappa shape index (κ3) is 26.6. The van der Waals surface area contributed by atoms with Crippen LogP contribution in [0.25, 0.3) is 0 Å². The van der Waals surface area contributed by atoms with Gasteiger partial charge in [-0.1, -0.05) is 39.1 Å². The number of phenols is 1. The molecule has 0 aliphatic heterocycles. The van der Waals surface area contributed by atoms with Crippen molar-refractivity contribution in [1.29, 1.82) is 0 Å². The number of aliphatic hydroxyl groups excluding tert-OH is 2. The summed E-state index contributed by atoms with van der Waals surface area (Å²) in [6.45, 7) is -0.261. The summed E-state index contributed by atoms with van der Waals surface area (Å²) < 4.78 is 93.5. The second-order valence-corrected chi connectivity index (χ2v) is 7.09. The van der Waals surface area contributed by atoms with Crippen molar-refractivity contribution in [2.75, 3.05) is 32.3 Å². The molecule has 0 fully saturated rings. The van der Waals surface area contributed by atoms with Crippen LogP contribution in [0.4, 0.5) is 30.7 Å². The van der Waals surface area contributed by atoms with Crippen LogP contribution in [-0.2, 0) is 22.0 Å². The van der Waals surface area contributed by atoms with Crippen molar-refractivity contribution in [1.82, 2.24) is 0 Å². The quantitative estimate of drug-likeness (QED) is 0.0930. The van der Waals surface area contributed by atoms with Crippen molar-refractivity contribution in [3.8, 4) is 11.5 Å². The Morgan fingerprint density at radius 2 is 1.38 bits per heavy atom. The van der Waals surface area contributed by atoms with Crippen molar-refractivity contribution in [2.24, 2.45) is 0 Å². The van der Waals surface area contributed by atoms with Gasteiger partial charge in [-0.25, -0.2) is 0 Å². The molecule has 3 N–H and O–H groups in total. The zero-order valence-electron chi connectivity index (χ0n) is 22.3. The molecule has 19 heteroatoms. The van der Waals surface area contributed by atoms with Gasteiger partial charge in [0.15, 0.2) is 0 Å². The van der Waals surface area contributed by atoms with Crippen LogP contribution >= 0.6 is 39.1 Å². The van der Waals surface area contributed by atoms with Crippen LogP contribution in [-0.4, -0.2) is 54.1 Å². The van der Waals surface area contributed by atoms with Crippen molar-refractivity contribution in [3.63, 3.8) is 0 Å². The van der Waals surface area contributed by atoms with Gasteiger partial charge in [-0.05, 0) is 36.4 Å². The van der Waals surface area contributed by atoms with Gasteiger partial charge in [-0.15, -0.1) is 0 Å². The summed E-state index contributed by atoms with van der Waals surface area (Å²) in [5.74, 6) is -0.424. The first-order valence-corrected chi connectivity index (χ1v) is 10.9. The molecule has 0 saturated carbocycles. The number of aromatic hydroxyl groups is 1. The second kappa shape index (κ2) is 29.3. The standard InChI is InChI=1S/C9H8ClF3O2.C7H4ClF3O.C2H5BrO.CH3F.CH2O3.2K.H/c10-8-2-1-6(15-4-3-14)5-7(8)9(11,12)13;8-6-2-1-4(12)3-5(6)7(9,10)11;3-1-2-4;1-2;2-1-4-3;;;/h1-2,5,14H,3-4H2;1-3,12H;4H,1-2H2;1H3;1,3H;;;/q;;;;;2*+1;-1/p-1/i;;;1D;;;;. The van der Waals surface area contributed by atoms with E-state index in [1.54, 1.807) is 0 Å². The van der Waals surface area contributed by atoms with Crippen molar-refractivity contribution in [3.05, 3.63) is 57.6 Å². The number of phenolic OH excluding ortho intramolecular Hbond substituents is 1. The number of hydrogen-bond acceptors (Lipinski definition) is 7. The summed E-state index contributed by atoms with van der Waals surface area (Å²) >= 11 is 13.6. The molecule has 0 bridgehead atoms. The Labute approximate surface area is 325 Å². The molecule has 0 atom stereocenters. The van der Waals surface area contributed by atoms with E-state index in [1.165, 1.54) is 6.07 Å². The summed E-state index contributed by atoms with van der Waals surface area (Å²) in [6.07, 6.45) is -9.02. The van der Waals surface area contributed by atoms with Crippen LogP contribution in [0.3, 0.4) is 0 Å². The number of halogens is 10. The van der Waals surface area contributed by atoms with Gasteiger partial charge in [0.25, 0.3) is 6.47 Å². The molecular formula is C20H22BrCl2F7K2O7. The number of carbonyl (C=O) groups excluding carboxylic acids is 1. The fourth-order valence-electron chi connectivity index (χ4n) is 1.71. The summed E-state index contributed by atoms with van der Waals surface area (Å²) in [6, 6.07) is 5.90. The van der Waals surface area contributed by atoms with Crippen molar-refractivity contribution in [2.45, 2.75) is 12.4 Å². The number of carbonyl (C=O) groups is 1. The Bertz CT molecular complexity index is 910. The second-order valence-electron chi connectivity index (χ2n) is 5.48. The van der Waals surface area contributed by atoms with Gasteiger partial charge in [-0.2, -0.15) is 26.3 Å². The molecular weight excluding hydrogens is 714 g/mol. The van der Waals surface area contributed by atoms with E-state index >= 15 is 0 Å². The number of hydrogen-bond donors (Lipinski definition) is 3. The maximum absolute atomic E-state index is 12.4. The van der Waals surface area contributed by atoms with E-state index in [4.69, 9.17) is 54.7 Å².